The normalized spacial score (nSPS) is 28.4. The number of aliphatic hydroxyl groups is 1. The van der Waals surface area contributed by atoms with Gasteiger partial charge in [0.1, 0.15) is 11.6 Å². The van der Waals surface area contributed by atoms with E-state index in [9.17, 15) is 19.5 Å². The summed E-state index contributed by atoms with van der Waals surface area (Å²) < 4.78 is 6.97. The lowest BCUT2D eigenvalue weighted by Gasteiger charge is -2.41. The lowest BCUT2D eigenvalue weighted by molar-refractivity contribution is -0.154. The first-order chi connectivity index (χ1) is 21.1. The van der Waals surface area contributed by atoms with Gasteiger partial charge in [0.05, 0.1) is 30.1 Å². The Bertz CT molecular complexity index is 1230. The Hall–Kier alpha value is -3.17. The number of anilines is 2. The Kier molecular flexibility index (Phi) is 10.3. The van der Waals surface area contributed by atoms with Crippen molar-refractivity contribution < 1.29 is 24.2 Å². The van der Waals surface area contributed by atoms with E-state index in [0.717, 1.165) is 18.8 Å². The summed E-state index contributed by atoms with van der Waals surface area (Å²) in [6, 6.07) is 6.28. The number of hydrogen-bond acceptors (Lipinski definition) is 6. The first-order valence-corrected chi connectivity index (χ1v) is 16.3. The van der Waals surface area contributed by atoms with E-state index in [1.54, 1.807) is 33.9 Å². The van der Waals surface area contributed by atoms with E-state index >= 15 is 0 Å². The molecular formula is C35H52N4O5. The van der Waals surface area contributed by atoms with Crippen LogP contribution in [-0.2, 0) is 19.1 Å². The average Bonchev–Trinajstić information content (AvgIpc) is 3.64. The van der Waals surface area contributed by atoms with Crippen LogP contribution in [-0.4, -0.2) is 95.7 Å². The minimum absolute atomic E-state index is 0.0781. The van der Waals surface area contributed by atoms with Crippen LogP contribution in [0.2, 0.25) is 0 Å². The summed E-state index contributed by atoms with van der Waals surface area (Å²) in [5.41, 5.74) is -0.262. The van der Waals surface area contributed by atoms with Gasteiger partial charge >= 0.3 is 0 Å². The van der Waals surface area contributed by atoms with Crippen molar-refractivity contribution >= 4 is 29.1 Å². The van der Waals surface area contributed by atoms with Crippen LogP contribution in [0.25, 0.3) is 0 Å². The van der Waals surface area contributed by atoms with Crippen molar-refractivity contribution in [2.24, 2.45) is 17.8 Å². The van der Waals surface area contributed by atoms with Gasteiger partial charge in [-0.3, -0.25) is 14.4 Å². The summed E-state index contributed by atoms with van der Waals surface area (Å²) >= 11 is 0. The predicted molar refractivity (Wildman–Crippen MR) is 174 cm³/mol. The van der Waals surface area contributed by atoms with Crippen molar-refractivity contribution in [2.75, 3.05) is 49.6 Å². The van der Waals surface area contributed by atoms with Crippen LogP contribution in [0.1, 0.15) is 60.3 Å². The van der Waals surface area contributed by atoms with Gasteiger partial charge in [-0.1, -0.05) is 39.3 Å². The van der Waals surface area contributed by atoms with Crippen molar-refractivity contribution in [3.8, 4) is 0 Å². The van der Waals surface area contributed by atoms with Crippen molar-refractivity contribution in [1.29, 1.82) is 0 Å². The maximum absolute atomic E-state index is 15.0. The zero-order chi connectivity index (χ0) is 32.4. The molecule has 0 radical (unpaired) electrons. The summed E-state index contributed by atoms with van der Waals surface area (Å²) in [5.74, 6) is -2.35. The number of hydrogen-bond donors (Lipinski definition) is 1. The first kappa shape index (κ1) is 33.7. The predicted octanol–water partition coefficient (Wildman–Crippen LogP) is 4.26. The molecule has 3 aliphatic heterocycles. The third-order valence-corrected chi connectivity index (χ3v) is 10.6. The van der Waals surface area contributed by atoms with E-state index < -0.39 is 35.1 Å². The number of carbonyl (C=O) groups is 3. The lowest BCUT2D eigenvalue weighted by Crippen LogP contribution is -2.60. The van der Waals surface area contributed by atoms with Gasteiger partial charge in [-0.05, 0) is 63.3 Å². The Morgan fingerprint density at radius 2 is 1.66 bits per heavy atom. The van der Waals surface area contributed by atoms with E-state index in [1.165, 1.54) is 0 Å². The van der Waals surface area contributed by atoms with E-state index in [2.05, 4.69) is 31.9 Å². The van der Waals surface area contributed by atoms with Crippen molar-refractivity contribution in [1.82, 2.24) is 9.80 Å². The third kappa shape index (κ3) is 5.26. The van der Waals surface area contributed by atoms with E-state index in [-0.39, 0.29) is 36.8 Å². The summed E-state index contributed by atoms with van der Waals surface area (Å²) in [5, 5.41) is 10.7. The van der Waals surface area contributed by atoms with Gasteiger partial charge < -0.3 is 29.4 Å². The molecule has 242 valence electrons. The molecule has 2 unspecified atom stereocenters. The number of nitrogens with zero attached hydrogens (tertiary/aromatic N) is 4. The SMILES string of the molecule is C=CCN(C)C(=O)[C@@H]1[C@H]2C(=O)N([C@@H](CO)[C@@H](C)CC)C(C(=O)N(CC=C)c3ccc(N(CC)CC)cc3)C23CC[C@@]1(CC)O3. The van der Waals surface area contributed by atoms with Crippen LogP contribution in [0.4, 0.5) is 11.4 Å². The van der Waals surface area contributed by atoms with E-state index in [1.807, 2.05) is 45.0 Å². The Morgan fingerprint density at radius 3 is 2.18 bits per heavy atom. The highest BCUT2D eigenvalue weighted by Gasteiger charge is 2.79. The second kappa shape index (κ2) is 13.4. The number of amides is 3. The van der Waals surface area contributed by atoms with Gasteiger partial charge in [0.15, 0.2) is 0 Å². The highest BCUT2D eigenvalue weighted by Crippen LogP contribution is 2.65. The molecule has 0 aromatic heterocycles. The number of fused-ring (bicyclic) bond motifs is 1. The quantitative estimate of drug-likeness (QED) is 0.299. The minimum Gasteiger partial charge on any atom is -0.394 e. The molecule has 1 aromatic carbocycles. The molecule has 9 nitrogen and oxygen atoms in total. The second-order valence-corrected chi connectivity index (χ2v) is 12.6. The first-order valence-electron chi connectivity index (χ1n) is 16.3. The molecule has 3 aliphatic rings. The Morgan fingerprint density at radius 1 is 1.05 bits per heavy atom. The van der Waals surface area contributed by atoms with Crippen molar-refractivity contribution in [3.63, 3.8) is 0 Å². The maximum atomic E-state index is 15.0. The number of aliphatic hydroxyl groups excluding tert-OH is 1. The molecule has 3 saturated heterocycles. The number of ether oxygens (including phenoxy) is 1. The fourth-order valence-electron chi connectivity index (χ4n) is 8.03. The molecule has 0 saturated carbocycles. The van der Waals surface area contributed by atoms with Gasteiger partial charge in [-0.15, -0.1) is 13.2 Å². The molecule has 3 fully saturated rings. The smallest absolute Gasteiger partial charge is 0.253 e. The van der Waals surface area contributed by atoms with Crippen molar-refractivity contribution in [2.45, 2.75) is 83.6 Å². The van der Waals surface area contributed by atoms with Gasteiger partial charge in [-0.2, -0.15) is 0 Å². The number of carbonyl (C=O) groups excluding carboxylic acids is 3. The molecule has 1 spiro atoms. The standard InChI is InChI=1S/C35H52N4O5/c1-9-21-36(8)31(41)28-29-32(42)39(27(23-40)24(7)11-3)30(35(29)20-19-34(28,12-4)44-35)33(43)38(22-10-2)26-17-15-25(16-18-26)37(13-5)14-6/h9-10,15-18,24,27-30,40H,1-2,11-14,19-23H2,3-8H3/t24-,27-,28-,29-,30?,34+,35?/m0/s1. The molecule has 4 rings (SSSR count). The van der Waals surface area contributed by atoms with E-state index in [0.29, 0.717) is 37.9 Å². The van der Waals surface area contributed by atoms with Crippen LogP contribution in [0.3, 0.4) is 0 Å². The third-order valence-electron chi connectivity index (χ3n) is 10.6. The van der Waals surface area contributed by atoms with Gasteiger partial charge in [0.2, 0.25) is 11.8 Å². The number of rotatable bonds is 15. The largest absolute Gasteiger partial charge is 0.394 e. The number of likely N-dealkylation sites (N-methyl/N-ethyl adjacent to an activating group) is 1. The lowest BCUT2D eigenvalue weighted by atomic mass is 9.64. The second-order valence-electron chi connectivity index (χ2n) is 12.6. The highest BCUT2D eigenvalue weighted by molar-refractivity contribution is 6.05. The fraction of sp³-hybridized carbons (Fsp3) is 0.629. The molecule has 1 aromatic rings. The topological polar surface area (TPSA) is 93.6 Å². The molecule has 2 bridgehead atoms. The fourth-order valence-corrected chi connectivity index (χ4v) is 8.03. The summed E-state index contributed by atoms with van der Waals surface area (Å²) in [7, 11) is 1.72. The average molecular weight is 609 g/mol. The Balaban J connectivity index is 1.86. The Labute approximate surface area is 263 Å². The van der Waals surface area contributed by atoms with Crippen LogP contribution < -0.4 is 9.80 Å². The molecule has 3 heterocycles. The zero-order valence-corrected chi connectivity index (χ0v) is 27.5. The van der Waals surface area contributed by atoms with E-state index in [4.69, 9.17) is 4.74 Å². The molecule has 44 heavy (non-hydrogen) atoms. The molecule has 9 heteroatoms. The monoisotopic (exact) mass is 608 g/mol. The van der Waals surface area contributed by atoms with Crippen LogP contribution in [0.5, 0.6) is 0 Å². The molecule has 0 aliphatic carbocycles. The number of benzene rings is 1. The van der Waals surface area contributed by atoms with Crippen LogP contribution in [0.15, 0.2) is 49.6 Å². The van der Waals surface area contributed by atoms with Crippen molar-refractivity contribution in [3.05, 3.63) is 49.6 Å². The van der Waals surface area contributed by atoms with Crippen LogP contribution >= 0.6 is 0 Å². The molecule has 1 N–H and O–H groups in total. The van der Waals surface area contributed by atoms with Crippen LogP contribution in [0, 0.1) is 17.8 Å². The molecule has 7 atom stereocenters. The number of likely N-dealkylation sites (tertiary alicyclic amines) is 1. The van der Waals surface area contributed by atoms with Gasteiger partial charge in [-0.25, -0.2) is 0 Å². The highest BCUT2D eigenvalue weighted by atomic mass is 16.5. The summed E-state index contributed by atoms with van der Waals surface area (Å²) in [4.78, 5) is 50.8. The van der Waals surface area contributed by atoms with Gasteiger partial charge in [0.25, 0.3) is 5.91 Å². The minimum atomic E-state index is -1.18. The molecule has 3 amide bonds. The molecular weight excluding hydrogens is 556 g/mol. The summed E-state index contributed by atoms with van der Waals surface area (Å²) in [6.45, 7) is 19.9. The zero-order valence-electron chi connectivity index (χ0n) is 27.5. The van der Waals surface area contributed by atoms with Gasteiger partial charge in [0, 0.05) is 44.6 Å². The summed E-state index contributed by atoms with van der Waals surface area (Å²) in [6.07, 6.45) is 5.67. The maximum Gasteiger partial charge on any atom is 0.253 e.